The summed E-state index contributed by atoms with van der Waals surface area (Å²) >= 11 is 0. The van der Waals surface area contributed by atoms with E-state index in [0.717, 1.165) is 12.2 Å². The van der Waals surface area contributed by atoms with Gasteiger partial charge in [-0.05, 0) is 26.7 Å². The van der Waals surface area contributed by atoms with Crippen LogP contribution in [0.5, 0.6) is 0 Å². The molecule has 0 aromatic carbocycles. The van der Waals surface area contributed by atoms with Gasteiger partial charge in [0.25, 0.3) is 0 Å². The zero-order valence-electron chi connectivity index (χ0n) is 13.2. The van der Waals surface area contributed by atoms with Gasteiger partial charge in [-0.1, -0.05) is 26.0 Å². The van der Waals surface area contributed by atoms with Gasteiger partial charge in [0.15, 0.2) is 0 Å². The first-order chi connectivity index (χ1) is 10.3. The average molecular weight is 308 g/mol. The van der Waals surface area contributed by atoms with E-state index in [2.05, 4.69) is 9.47 Å². The number of ether oxygens (including phenoxy) is 2. The maximum Gasteiger partial charge on any atom is 0.341 e. The third-order valence-electron chi connectivity index (χ3n) is 2.41. The highest BCUT2D eigenvalue weighted by molar-refractivity contribution is 6.03. The molecular formula is C16H20O6. The van der Waals surface area contributed by atoms with Crippen LogP contribution in [-0.2, 0) is 28.7 Å². The van der Waals surface area contributed by atoms with Gasteiger partial charge in [-0.3, -0.25) is 0 Å². The van der Waals surface area contributed by atoms with E-state index in [-0.39, 0.29) is 0 Å². The zero-order chi connectivity index (χ0) is 17.1. The Hall–Kier alpha value is -2.50. The molecule has 0 bridgehead atoms. The molecule has 6 heteroatoms. The summed E-state index contributed by atoms with van der Waals surface area (Å²) in [6.07, 6.45) is 5.93. The van der Waals surface area contributed by atoms with Crippen molar-refractivity contribution in [2.24, 2.45) is 0 Å². The number of rotatable bonds is 6. The van der Waals surface area contributed by atoms with E-state index in [1.807, 2.05) is 13.8 Å². The van der Waals surface area contributed by atoms with Crippen molar-refractivity contribution in [2.45, 2.75) is 40.5 Å². The van der Waals surface area contributed by atoms with Crippen LogP contribution < -0.4 is 0 Å². The van der Waals surface area contributed by atoms with E-state index in [1.165, 1.54) is 13.8 Å². The van der Waals surface area contributed by atoms with Gasteiger partial charge in [-0.15, -0.1) is 0 Å². The summed E-state index contributed by atoms with van der Waals surface area (Å²) in [4.78, 5) is 45.5. The molecule has 0 saturated heterocycles. The van der Waals surface area contributed by atoms with E-state index in [1.54, 1.807) is 12.2 Å². The van der Waals surface area contributed by atoms with Crippen LogP contribution >= 0.6 is 0 Å². The quantitative estimate of drug-likeness (QED) is 0.425. The molecule has 0 heterocycles. The van der Waals surface area contributed by atoms with Gasteiger partial charge in [0.2, 0.25) is 0 Å². The van der Waals surface area contributed by atoms with Gasteiger partial charge in [-0.2, -0.15) is 0 Å². The Balaban J connectivity index is 4.48. The maximum atomic E-state index is 11.4. The molecule has 120 valence electrons. The molecule has 0 amide bonds. The van der Waals surface area contributed by atoms with E-state index >= 15 is 0 Å². The minimum atomic E-state index is -1.01. The number of allylic oxidation sites excluding steroid dienone is 2. The lowest BCUT2D eigenvalue weighted by Gasteiger charge is -2.00. The van der Waals surface area contributed by atoms with Crippen molar-refractivity contribution in [1.29, 1.82) is 0 Å². The smallest absolute Gasteiger partial charge is 0.341 e. The van der Waals surface area contributed by atoms with Crippen molar-refractivity contribution in [3.63, 3.8) is 0 Å². The molecule has 0 rings (SSSR count). The highest BCUT2D eigenvalue weighted by atomic mass is 16.6. The van der Waals surface area contributed by atoms with Crippen LogP contribution in [0, 0.1) is 0 Å². The van der Waals surface area contributed by atoms with Gasteiger partial charge >= 0.3 is 23.9 Å². The van der Waals surface area contributed by atoms with E-state index in [4.69, 9.17) is 0 Å². The second-order valence-corrected chi connectivity index (χ2v) is 4.34. The lowest BCUT2D eigenvalue weighted by molar-refractivity contribution is -0.156. The Bertz CT molecular complexity index is 489. The molecule has 22 heavy (non-hydrogen) atoms. The predicted octanol–water partition coefficient (Wildman–Crippen LogP) is 2.39. The summed E-state index contributed by atoms with van der Waals surface area (Å²) < 4.78 is 8.94. The molecule has 0 saturated carbocycles. The summed E-state index contributed by atoms with van der Waals surface area (Å²) in [7, 11) is 0. The lowest BCUT2D eigenvalue weighted by Crippen LogP contribution is -2.13. The number of hydrogen-bond donors (Lipinski definition) is 0. The summed E-state index contributed by atoms with van der Waals surface area (Å²) in [6, 6.07) is 0. The first kappa shape index (κ1) is 19.5. The number of esters is 4. The van der Waals surface area contributed by atoms with Crippen LogP contribution in [0.1, 0.15) is 40.5 Å². The molecule has 0 aliphatic carbocycles. The van der Waals surface area contributed by atoms with Crippen LogP contribution in [0.3, 0.4) is 0 Å². The minimum absolute atomic E-state index is 0.294. The van der Waals surface area contributed by atoms with E-state index in [0.29, 0.717) is 24.0 Å². The summed E-state index contributed by atoms with van der Waals surface area (Å²) in [5.41, 5.74) is 0.588. The third-order valence-corrected chi connectivity index (χ3v) is 2.41. The van der Waals surface area contributed by atoms with Crippen molar-refractivity contribution in [3.05, 3.63) is 35.5 Å². The molecule has 0 unspecified atom stereocenters. The highest BCUT2D eigenvalue weighted by Crippen LogP contribution is 2.01. The Morgan fingerprint density at radius 3 is 1.32 bits per heavy atom. The molecular weight excluding hydrogens is 288 g/mol. The Morgan fingerprint density at radius 1 is 0.727 bits per heavy atom. The van der Waals surface area contributed by atoms with Gasteiger partial charge < -0.3 is 9.47 Å². The molecule has 0 radical (unpaired) electrons. The molecule has 0 fully saturated rings. The fourth-order valence-corrected chi connectivity index (χ4v) is 1.33. The second-order valence-electron chi connectivity index (χ2n) is 4.34. The van der Waals surface area contributed by atoms with Crippen LogP contribution in [0.4, 0.5) is 0 Å². The summed E-state index contributed by atoms with van der Waals surface area (Å²) in [5.74, 6) is -3.61. The maximum absolute atomic E-state index is 11.4. The van der Waals surface area contributed by atoms with Crippen LogP contribution in [0.25, 0.3) is 0 Å². The van der Waals surface area contributed by atoms with Gasteiger partial charge in [-0.25, -0.2) is 19.2 Å². The molecule has 0 aromatic rings. The van der Waals surface area contributed by atoms with Crippen molar-refractivity contribution in [2.75, 3.05) is 0 Å². The van der Waals surface area contributed by atoms with Crippen molar-refractivity contribution < 1.29 is 28.7 Å². The molecule has 0 spiro atoms. The van der Waals surface area contributed by atoms with Crippen LogP contribution in [0.2, 0.25) is 0 Å². The minimum Gasteiger partial charge on any atom is -0.386 e. The first-order valence-corrected chi connectivity index (χ1v) is 6.85. The molecule has 0 aliphatic rings. The van der Waals surface area contributed by atoms with Crippen LogP contribution in [-0.4, -0.2) is 23.9 Å². The lowest BCUT2D eigenvalue weighted by atomic mass is 10.2. The molecule has 0 aromatic heterocycles. The Labute approximate surface area is 129 Å². The molecule has 0 N–H and O–H groups in total. The normalized spacial score (nSPS) is 12.2. The predicted molar refractivity (Wildman–Crippen MR) is 79.4 cm³/mol. The van der Waals surface area contributed by atoms with E-state index in [9.17, 15) is 19.2 Å². The SMILES string of the molecule is CCC=C(C)C(=O)OC(=O)/C=C/C(=O)OC(=O)C(C)=CCC. The fraction of sp³-hybridized carbons (Fsp3) is 0.375. The van der Waals surface area contributed by atoms with Gasteiger partial charge in [0.1, 0.15) is 0 Å². The second kappa shape index (κ2) is 10.3. The van der Waals surface area contributed by atoms with E-state index < -0.39 is 23.9 Å². The fourth-order valence-electron chi connectivity index (χ4n) is 1.33. The standard InChI is InChI=1S/C16H20O6/c1-5-7-11(3)15(19)21-13(17)9-10-14(18)22-16(20)12(4)8-6-2/h7-10H,5-6H2,1-4H3/b10-9+,11-7?,12-8?. The van der Waals surface area contributed by atoms with Gasteiger partial charge in [0.05, 0.1) is 0 Å². The number of carbonyl (C=O) groups excluding carboxylic acids is 4. The molecule has 6 nitrogen and oxygen atoms in total. The summed E-state index contributed by atoms with van der Waals surface area (Å²) in [6.45, 7) is 6.69. The monoisotopic (exact) mass is 308 g/mol. The van der Waals surface area contributed by atoms with Gasteiger partial charge in [0, 0.05) is 23.3 Å². The Kier molecular flexibility index (Phi) is 9.09. The zero-order valence-corrected chi connectivity index (χ0v) is 13.2. The number of carbonyl (C=O) groups is 4. The highest BCUT2D eigenvalue weighted by Gasteiger charge is 2.12. The van der Waals surface area contributed by atoms with Crippen LogP contribution in [0.15, 0.2) is 35.5 Å². The van der Waals surface area contributed by atoms with Crippen molar-refractivity contribution in [1.82, 2.24) is 0 Å². The molecule has 0 atom stereocenters. The Morgan fingerprint density at radius 2 is 1.05 bits per heavy atom. The number of hydrogen-bond acceptors (Lipinski definition) is 6. The van der Waals surface area contributed by atoms with Crippen molar-refractivity contribution >= 4 is 23.9 Å². The third kappa shape index (κ3) is 7.94. The topological polar surface area (TPSA) is 86.7 Å². The average Bonchev–Trinajstić information content (AvgIpc) is 2.45. The van der Waals surface area contributed by atoms with Crippen molar-refractivity contribution in [3.8, 4) is 0 Å². The largest absolute Gasteiger partial charge is 0.386 e. The first-order valence-electron chi connectivity index (χ1n) is 6.85. The summed E-state index contributed by atoms with van der Waals surface area (Å²) in [5, 5.41) is 0. The molecule has 0 aliphatic heterocycles.